The Bertz CT molecular complexity index is 241. The number of unbranched alkanes of at least 4 members (excludes halogenated alkanes) is 8. The first-order chi connectivity index (χ1) is 8.43. The lowest BCUT2D eigenvalue weighted by Crippen LogP contribution is -1.84. The van der Waals surface area contributed by atoms with Gasteiger partial charge in [0.1, 0.15) is 0 Å². The molecular weight excluding hydrogens is 244 g/mol. The molecule has 1 rings (SSSR count). The second-order valence-corrected chi connectivity index (χ2v) is 6.01. The SMILES string of the molecule is SCCCCCCCCCCCc1ccsc1. The van der Waals surface area contributed by atoms with E-state index in [0.717, 1.165) is 5.75 Å². The van der Waals surface area contributed by atoms with Crippen LogP contribution in [0.3, 0.4) is 0 Å². The van der Waals surface area contributed by atoms with E-state index >= 15 is 0 Å². The number of thiophene rings is 1. The van der Waals surface area contributed by atoms with E-state index in [9.17, 15) is 0 Å². The summed E-state index contributed by atoms with van der Waals surface area (Å²) in [6.07, 6.45) is 13.9. The van der Waals surface area contributed by atoms with E-state index in [4.69, 9.17) is 0 Å². The molecule has 0 aliphatic carbocycles. The lowest BCUT2D eigenvalue weighted by Gasteiger charge is -2.01. The standard InChI is InChI=1S/C15H26S2/c16-12-9-7-5-3-1-2-4-6-8-10-15-11-13-17-14-15/h11,13-14,16H,1-10,12H2. The number of thiol groups is 1. The minimum atomic E-state index is 1.06. The van der Waals surface area contributed by atoms with Gasteiger partial charge in [0.25, 0.3) is 0 Å². The summed E-state index contributed by atoms with van der Waals surface area (Å²) in [6, 6.07) is 2.26. The van der Waals surface area contributed by atoms with Crippen LogP contribution in [0.5, 0.6) is 0 Å². The summed E-state index contributed by atoms with van der Waals surface area (Å²) in [7, 11) is 0. The molecule has 0 amide bonds. The van der Waals surface area contributed by atoms with Crippen molar-refractivity contribution in [3.05, 3.63) is 22.4 Å². The highest BCUT2D eigenvalue weighted by Crippen LogP contribution is 2.13. The maximum atomic E-state index is 4.23. The molecule has 0 saturated heterocycles. The van der Waals surface area contributed by atoms with Crippen molar-refractivity contribution in [3.63, 3.8) is 0 Å². The summed E-state index contributed by atoms with van der Waals surface area (Å²) in [5, 5.41) is 4.46. The van der Waals surface area contributed by atoms with E-state index in [1.807, 2.05) is 11.3 Å². The van der Waals surface area contributed by atoms with Crippen molar-refractivity contribution in [2.75, 3.05) is 5.75 Å². The van der Waals surface area contributed by atoms with Gasteiger partial charge in [0.05, 0.1) is 0 Å². The Balaban J connectivity index is 1.76. The van der Waals surface area contributed by atoms with Gasteiger partial charge in [0, 0.05) is 0 Å². The molecule has 1 aromatic rings. The molecule has 0 spiro atoms. The van der Waals surface area contributed by atoms with Crippen molar-refractivity contribution in [2.45, 2.75) is 64.2 Å². The zero-order valence-corrected chi connectivity index (χ0v) is 12.6. The maximum Gasteiger partial charge on any atom is -0.00613 e. The zero-order valence-electron chi connectivity index (χ0n) is 10.9. The first kappa shape index (κ1) is 15.1. The molecule has 98 valence electrons. The number of hydrogen-bond donors (Lipinski definition) is 1. The van der Waals surface area contributed by atoms with Crippen LogP contribution in [0.25, 0.3) is 0 Å². The van der Waals surface area contributed by atoms with E-state index < -0.39 is 0 Å². The third-order valence-electron chi connectivity index (χ3n) is 3.20. The Morgan fingerprint density at radius 2 is 1.41 bits per heavy atom. The average molecular weight is 271 g/mol. The zero-order chi connectivity index (χ0) is 12.2. The van der Waals surface area contributed by atoms with Crippen LogP contribution in [-0.4, -0.2) is 5.75 Å². The molecule has 0 N–H and O–H groups in total. The smallest absolute Gasteiger partial charge is 0.00613 e. The van der Waals surface area contributed by atoms with Crippen LogP contribution in [0, 0.1) is 0 Å². The number of rotatable bonds is 11. The molecule has 0 aliphatic rings. The van der Waals surface area contributed by atoms with Gasteiger partial charge in [-0.15, -0.1) is 0 Å². The molecule has 0 unspecified atom stereocenters. The Hall–Kier alpha value is 0.0500. The highest BCUT2D eigenvalue weighted by Gasteiger charge is 1.94. The first-order valence-electron chi connectivity index (χ1n) is 7.05. The van der Waals surface area contributed by atoms with Crippen LogP contribution in [-0.2, 0) is 6.42 Å². The Morgan fingerprint density at radius 3 is 1.94 bits per heavy atom. The second kappa shape index (κ2) is 11.2. The monoisotopic (exact) mass is 270 g/mol. The van der Waals surface area contributed by atoms with Crippen LogP contribution in [0.1, 0.15) is 63.4 Å². The Morgan fingerprint density at radius 1 is 0.824 bits per heavy atom. The molecule has 0 radical (unpaired) electrons. The molecule has 0 bridgehead atoms. The van der Waals surface area contributed by atoms with Crippen molar-refractivity contribution < 1.29 is 0 Å². The lowest BCUT2D eigenvalue weighted by atomic mass is 10.1. The van der Waals surface area contributed by atoms with Crippen molar-refractivity contribution >= 4 is 24.0 Å². The summed E-state index contributed by atoms with van der Waals surface area (Å²) in [5.41, 5.74) is 1.53. The van der Waals surface area contributed by atoms with Gasteiger partial charge >= 0.3 is 0 Å². The molecular formula is C15H26S2. The van der Waals surface area contributed by atoms with Crippen molar-refractivity contribution in [3.8, 4) is 0 Å². The lowest BCUT2D eigenvalue weighted by molar-refractivity contribution is 0.566. The van der Waals surface area contributed by atoms with Gasteiger partial charge in [-0.05, 0) is 47.4 Å². The van der Waals surface area contributed by atoms with Gasteiger partial charge in [0.2, 0.25) is 0 Å². The van der Waals surface area contributed by atoms with Crippen molar-refractivity contribution in [1.82, 2.24) is 0 Å². The fraction of sp³-hybridized carbons (Fsp3) is 0.733. The molecule has 1 heterocycles. The fourth-order valence-corrected chi connectivity index (χ4v) is 3.04. The summed E-state index contributed by atoms with van der Waals surface area (Å²) in [5.74, 6) is 1.06. The van der Waals surface area contributed by atoms with Gasteiger partial charge in [-0.3, -0.25) is 0 Å². The van der Waals surface area contributed by atoms with E-state index in [1.54, 1.807) is 0 Å². The minimum Gasteiger partial charge on any atom is -0.179 e. The summed E-state index contributed by atoms with van der Waals surface area (Å²) >= 11 is 6.04. The third kappa shape index (κ3) is 8.73. The normalized spacial score (nSPS) is 10.9. The van der Waals surface area contributed by atoms with Crippen LogP contribution < -0.4 is 0 Å². The van der Waals surface area contributed by atoms with Crippen molar-refractivity contribution in [2.24, 2.45) is 0 Å². The Kier molecular flexibility index (Phi) is 9.92. The average Bonchev–Trinajstić information content (AvgIpc) is 2.85. The van der Waals surface area contributed by atoms with Gasteiger partial charge in [-0.1, -0.05) is 44.9 Å². The second-order valence-electron chi connectivity index (χ2n) is 4.79. The topological polar surface area (TPSA) is 0 Å². The maximum absolute atomic E-state index is 4.23. The van der Waals surface area contributed by atoms with Gasteiger partial charge < -0.3 is 0 Å². The minimum absolute atomic E-state index is 1.06. The predicted molar refractivity (Wildman–Crippen MR) is 83.4 cm³/mol. The van der Waals surface area contributed by atoms with Crippen LogP contribution in [0.2, 0.25) is 0 Å². The molecule has 0 fully saturated rings. The predicted octanol–water partition coefficient (Wildman–Crippen LogP) is 5.73. The quantitative estimate of drug-likeness (QED) is 0.385. The molecule has 1 aromatic heterocycles. The molecule has 17 heavy (non-hydrogen) atoms. The number of hydrogen-bond acceptors (Lipinski definition) is 2. The molecule has 0 saturated carbocycles. The molecule has 2 heteroatoms. The molecule has 0 aromatic carbocycles. The van der Waals surface area contributed by atoms with Crippen LogP contribution in [0.15, 0.2) is 16.8 Å². The number of aryl methyl sites for hydroxylation is 1. The first-order valence-corrected chi connectivity index (χ1v) is 8.63. The fourth-order valence-electron chi connectivity index (χ4n) is 2.11. The van der Waals surface area contributed by atoms with E-state index in [2.05, 4.69) is 29.5 Å². The largest absolute Gasteiger partial charge is 0.179 e. The molecule has 0 atom stereocenters. The third-order valence-corrected chi connectivity index (χ3v) is 4.25. The van der Waals surface area contributed by atoms with Crippen LogP contribution >= 0.6 is 24.0 Å². The van der Waals surface area contributed by atoms with Gasteiger partial charge in [-0.25, -0.2) is 0 Å². The highest BCUT2D eigenvalue weighted by molar-refractivity contribution is 7.80. The van der Waals surface area contributed by atoms with E-state index in [-0.39, 0.29) is 0 Å². The molecule has 0 aliphatic heterocycles. The molecule has 0 nitrogen and oxygen atoms in total. The summed E-state index contributed by atoms with van der Waals surface area (Å²) in [6.45, 7) is 0. The van der Waals surface area contributed by atoms with E-state index in [0.29, 0.717) is 0 Å². The highest BCUT2D eigenvalue weighted by atomic mass is 32.1. The van der Waals surface area contributed by atoms with Gasteiger partial charge in [-0.2, -0.15) is 24.0 Å². The summed E-state index contributed by atoms with van der Waals surface area (Å²) in [4.78, 5) is 0. The van der Waals surface area contributed by atoms with E-state index in [1.165, 1.54) is 69.8 Å². The van der Waals surface area contributed by atoms with Crippen molar-refractivity contribution in [1.29, 1.82) is 0 Å². The van der Waals surface area contributed by atoms with Crippen LogP contribution in [0.4, 0.5) is 0 Å². The Labute approximate surface area is 116 Å². The van der Waals surface area contributed by atoms with Gasteiger partial charge in [0.15, 0.2) is 0 Å². The summed E-state index contributed by atoms with van der Waals surface area (Å²) < 4.78 is 0.